The van der Waals surface area contributed by atoms with Gasteiger partial charge in [0.15, 0.2) is 5.78 Å². The van der Waals surface area contributed by atoms with Gasteiger partial charge in [-0.3, -0.25) is 9.78 Å². The van der Waals surface area contributed by atoms with Crippen molar-refractivity contribution in [3.8, 4) is 5.75 Å². The first kappa shape index (κ1) is 24.0. The van der Waals surface area contributed by atoms with E-state index in [4.69, 9.17) is 4.74 Å². The fourth-order valence-corrected chi connectivity index (χ4v) is 6.09. The number of carbonyl (C=O) groups is 1. The molecule has 1 unspecified atom stereocenters. The second kappa shape index (κ2) is 11.3. The van der Waals surface area contributed by atoms with Gasteiger partial charge in [-0.15, -0.1) is 0 Å². The highest BCUT2D eigenvalue weighted by atomic mass is 16.5. The molecule has 1 atom stereocenters. The number of piperidine rings is 1. The van der Waals surface area contributed by atoms with Crippen LogP contribution in [0, 0.1) is 18.8 Å². The van der Waals surface area contributed by atoms with Gasteiger partial charge in [0.25, 0.3) is 0 Å². The molecule has 4 nitrogen and oxygen atoms in total. The number of hydrogen-bond acceptors (Lipinski definition) is 4. The van der Waals surface area contributed by atoms with Crippen molar-refractivity contribution in [3.05, 3.63) is 71.4 Å². The SMILES string of the molecule is Cc1ccc2c(OCCC(c3cccc(C(=O)C4CCCCC4)c3)C3CCNCC3)cccc2n1. The van der Waals surface area contributed by atoms with E-state index >= 15 is 0 Å². The number of ether oxygens (including phenoxy) is 1. The average Bonchev–Trinajstić information content (AvgIpc) is 2.91. The number of fused-ring (bicyclic) bond motifs is 1. The number of nitrogens with zero attached hydrogens (tertiary/aromatic N) is 1. The van der Waals surface area contributed by atoms with Crippen LogP contribution in [0.2, 0.25) is 0 Å². The lowest BCUT2D eigenvalue weighted by Crippen LogP contribution is -2.31. The fourth-order valence-electron chi connectivity index (χ4n) is 6.09. The second-order valence-corrected chi connectivity index (χ2v) is 10.4. The average molecular weight is 471 g/mol. The van der Waals surface area contributed by atoms with Gasteiger partial charge in [0.2, 0.25) is 0 Å². The van der Waals surface area contributed by atoms with Crippen molar-refractivity contribution in [2.75, 3.05) is 19.7 Å². The molecule has 2 fully saturated rings. The molecule has 1 aliphatic carbocycles. The molecule has 1 aliphatic heterocycles. The Hall–Kier alpha value is -2.72. The van der Waals surface area contributed by atoms with Crippen LogP contribution in [0.1, 0.15) is 78.9 Å². The third kappa shape index (κ3) is 5.75. The first-order chi connectivity index (χ1) is 17.2. The Morgan fingerprint density at radius 1 is 1.00 bits per heavy atom. The summed E-state index contributed by atoms with van der Waals surface area (Å²) in [5, 5.41) is 4.57. The molecule has 0 radical (unpaired) electrons. The van der Waals surface area contributed by atoms with Crippen molar-refractivity contribution in [2.45, 2.75) is 64.2 Å². The molecule has 2 aromatic carbocycles. The smallest absolute Gasteiger partial charge is 0.165 e. The highest BCUT2D eigenvalue weighted by molar-refractivity contribution is 5.98. The van der Waals surface area contributed by atoms with Crippen LogP contribution in [0.15, 0.2) is 54.6 Å². The van der Waals surface area contributed by atoms with E-state index in [1.54, 1.807) is 0 Å². The van der Waals surface area contributed by atoms with E-state index in [1.165, 1.54) is 37.7 Å². The summed E-state index contributed by atoms with van der Waals surface area (Å²) in [6.45, 7) is 4.81. The van der Waals surface area contributed by atoms with Crippen LogP contribution >= 0.6 is 0 Å². The van der Waals surface area contributed by atoms with E-state index in [9.17, 15) is 4.79 Å². The van der Waals surface area contributed by atoms with Crippen LogP contribution in [0.3, 0.4) is 0 Å². The number of carbonyl (C=O) groups excluding carboxylic acids is 1. The third-order valence-electron chi connectivity index (χ3n) is 8.05. The molecule has 184 valence electrons. The minimum Gasteiger partial charge on any atom is -0.493 e. The molecule has 5 rings (SSSR count). The van der Waals surface area contributed by atoms with E-state index in [-0.39, 0.29) is 5.92 Å². The first-order valence-electron chi connectivity index (χ1n) is 13.5. The molecule has 0 bridgehead atoms. The summed E-state index contributed by atoms with van der Waals surface area (Å²) in [4.78, 5) is 17.9. The summed E-state index contributed by atoms with van der Waals surface area (Å²) in [6.07, 6.45) is 9.03. The largest absolute Gasteiger partial charge is 0.493 e. The maximum absolute atomic E-state index is 13.3. The monoisotopic (exact) mass is 470 g/mol. The normalized spacial score (nSPS) is 18.4. The van der Waals surface area contributed by atoms with Crippen molar-refractivity contribution in [1.82, 2.24) is 10.3 Å². The van der Waals surface area contributed by atoms with Gasteiger partial charge >= 0.3 is 0 Å². The van der Waals surface area contributed by atoms with Crippen molar-refractivity contribution in [2.24, 2.45) is 11.8 Å². The zero-order valence-corrected chi connectivity index (χ0v) is 21.0. The van der Waals surface area contributed by atoms with E-state index in [0.717, 1.165) is 60.3 Å². The number of nitrogens with one attached hydrogen (secondary N) is 1. The number of pyridine rings is 1. The van der Waals surface area contributed by atoms with Crippen LogP contribution in [0.5, 0.6) is 5.75 Å². The van der Waals surface area contributed by atoms with Crippen LogP contribution in [0.4, 0.5) is 0 Å². The number of aromatic nitrogens is 1. The Morgan fingerprint density at radius 2 is 1.80 bits per heavy atom. The zero-order valence-electron chi connectivity index (χ0n) is 21.0. The number of hydrogen-bond donors (Lipinski definition) is 1. The van der Waals surface area contributed by atoms with Gasteiger partial charge in [-0.2, -0.15) is 0 Å². The summed E-state index contributed by atoms with van der Waals surface area (Å²) in [6, 6.07) is 18.8. The van der Waals surface area contributed by atoms with Gasteiger partial charge in [-0.1, -0.05) is 43.5 Å². The molecule has 0 amide bonds. The van der Waals surface area contributed by atoms with Crippen molar-refractivity contribution < 1.29 is 9.53 Å². The summed E-state index contributed by atoms with van der Waals surface area (Å²) in [5.41, 5.74) is 4.21. The molecule has 1 aromatic heterocycles. The molecule has 1 saturated carbocycles. The number of Topliss-reactive ketones (excluding diaryl/α,β-unsaturated/α-hetero) is 1. The molecular weight excluding hydrogens is 432 g/mol. The van der Waals surface area contributed by atoms with Gasteiger partial charge < -0.3 is 10.1 Å². The molecule has 3 aromatic rings. The Labute approximate surface area is 209 Å². The Bertz CT molecular complexity index is 1150. The Morgan fingerprint density at radius 3 is 2.63 bits per heavy atom. The lowest BCUT2D eigenvalue weighted by Gasteiger charge is -2.31. The van der Waals surface area contributed by atoms with Crippen molar-refractivity contribution in [3.63, 3.8) is 0 Å². The Balaban J connectivity index is 1.33. The lowest BCUT2D eigenvalue weighted by molar-refractivity contribution is 0.0889. The van der Waals surface area contributed by atoms with Crippen LogP contribution in [-0.2, 0) is 0 Å². The molecular formula is C31H38N2O2. The van der Waals surface area contributed by atoms with E-state index in [1.807, 2.05) is 37.3 Å². The minimum absolute atomic E-state index is 0.211. The second-order valence-electron chi connectivity index (χ2n) is 10.4. The summed E-state index contributed by atoms with van der Waals surface area (Å²) in [5.74, 6) is 2.47. The van der Waals surface area contributed by atoms with Gasteiger partial charge in [0.1, 0.15) is 5.75 Å². The predicted octanol–water partition coefficient (Wildman–Crippen LogP) is 6.86. The van der Waals surface area contributed by atoms with Crippen molar-refractivity contribution in [1.29, 1.82) is 0 Å². The molecule has 1 N–H and O–H groups in total. The van der Waals surface area contributed by atoms with Gasteiger partial charge in [-0.05, 0) is 99.8 Å². The molecule has 4 heteroatoms. The van der Waals surface area contributed by atoms with Gasteiger partial charge in [0, 0.05) is 22.6 Å². The molecule has 2 heterocycles. The zero-order chi connectivity index (χ0) is 24.0. The fraction of sp³-hybridized carbons (Fsp3) is 0.484. The van der Waals surface area contributed by atoms with Crippen molar-refractivity contribution >= 4 is 16.7 Å². The highest BCUT2D eigenvalue weighted by Gasteiger charge is 2.27. The maximum Gasteiger partial charge on any atom is 0.165 e. The van der Waals surface area contributed by atoms with E-state index in [0.29, 0.717) is 24.2 Å². The van der Waals surface area contributed by atoms with Crippen LogP contribution in [0.25, 0.3) is 10.9 Å². The standard InChI is InChI=1S/C31H38N2O2/c1-22-13-14-28-29(33-22)11-6-12-30(28)35-20-17-27(23-15-18-32-19-16-23)25-9-5-10-26(21-25)31(34)24-7-3-2-4-8-24/h5-6,9-14,21,23-24,27,32H,2-4,7-8,15-20H2,1H3. The maximum atomic E-state index is 13.3. The third-order valence-corrected chi connectivity index (χ3v) is 8.05. The summed E-state index contributed by atoms with van der Waals surface area (Å²) < 4.78 is 6.35. The number of rotatable bonds is 8. The molecule has 0 spiro atoms. The topological polar surface area (TPSA) is 51.2 Å². The predicted molar refractivity (Wildman–Crippen MR) is 142 cm³/mol. The highest BCUT2D eigenvalue weighted by Crippen LogP contribution is 2.36. The first-order valence-corrected chi connectivity index (χ1v) is 13.5. The van der Waals surface area contributed by atoms with Gasteiger partial charge in [-0.25, -0.2) is 0 Å². The lowest BCUT2D eigenvalue weighted by atomic mass is 9.77. The summed E-state index contributed by atoms with van der Waals surface area (Å²) in [7, 11) is 0. The van der Waals surface area contributed by atoms with Crippen LogP contribution < -0.4 is 10.1 Å². The Kier molecular flexibility index (Phi) is 7.78. The minimum atomic E-state index is 0.211. The number of benzene rings is 2. The van der Waals surface area contributed by atoms with Gasteiger partial charge in [0.05, 0.1) is 12.1 Å². The molecule has 2 aliphatic rings. The molecule has 35 heavy (non-hydrogen) atoms. The van der Waals surface area contributed by atoms with Crippen LogP contribution in [-0.4, -0.2) is 30.5 Å². The van der Waals surface area contributed by atoms with E-state index in [2.05, 4.69) is 34.6 Å². The number of ketones is 1. The summed E-state index contributed by atoms with van der Waals surface area (Å²) >= 11 is 0. The number of aryl methyl sites for hydroxylation is 1. The van der Waals surface area contributed by atoms with E-state index < -0.39 is 0 Å². The molecule has 1 saturated heterocycles. The quantitative estimate of drug-likeness (QED) is 0.366.